The van der Waals surface area contributed by atoms with Crippen molar-refractivity contribution >= 4 is 29.3 Å². The van der Waals surface area contributed by atoms with Crippen molar-refractivity contribution in [2.45, 2.75) is 4.90 Å². The molecular formula is C11H7NOS2. The Kier molecular flexibility index (Phi) is 2.04. The first-order valence-corrected chi connectivity index (χ1v) is 6.25. The van der Waals surface area contributed by atoms with E-state index in [4.69, 9.17) is 0 Å². The van der Waals surface area contributed by atoms with Gasteiger partial charge in [0.15, 0.2) is 0 Å². The first kappa shape index (κ1) is 9.00. The van der Waals surface area contributed by atoms with Gasteiger partial charge < -0.3 is 0 Å². The van der Waals surface area contributed by atoms with Gasteiger partial charge in [0.05, 0.1) is 10.6 Å². The van der Waals surface area contributed by atoms with Crippen molar-refractivity contribution in [2.24, 2.45) is 0 Å². The van der Waals surface area contributed by atoms with E-state index in [0.29, 0.717) is 0 Å². The predicted octanol–water partition coefficient (Wildman–Crippen LogP) is 3.11. The normalized spacial score (nSPS) is 13.1. The molecule has 74 valence electrons. The molecule has 0 atom stereocenters. The minimum atomic E-state index is 0.0191. The Labute approximate surface area is 94.9 Å². The zero-order valence-corrected chi connectivity index (χ0v) is 9.35. The molecule has 0 amide bonds. The van der Waals surface area contributed by atoms with Crippen LogP contribution in [0.2, 0.25) is 0 Å². The van der Waals surface area contributed by atoms with Gasteiger partial charge in [0.25, 0.3) is 5.56 Å². The average Bonchev–Trinajstić information content (AvgIpc) is 2.62. The number of fused-ring (bicyclic) bond motifs is 3. The van der Waals surface area contributed by atoms with Crippen molar-refractivity contribution in [2.75, 3.05) is 0 Å². The van der Waals surface area contributed by atoms with E-state index >= 15 is 0 Å². The van der Waals surface area contributed by atoms with Gasteiger partial charge in [-0.15, -0.1) is 11.3 Å². The molecule has 0 aliphatic carbocycles. The van der Waals surface area contributed by atoms with Crippen molar-refractivity contribution < 1.29 is 0 Å². The molecule has 1 aliphatic heterocycles. The SMILES string of the molecule is O=c1cccc2n1C=CSc1ccsc1-2. The highest BCUT2D eigenvalue weighted by atomic mass is 32.2. The third-order valence-corrected chi connectivity index (χ3v) is 4.17. The van der Waals surface area contributed by atoms with Crippen LogP contribution in [0.3, 0.4) is 0 Å². The third kappa shape index (κ3) is 1.37. The van der Waals surface area contributed by atoms with Gasteiger partial charge in [-0.2, -0.15) is 0 Å². The number of thioether (sulfide) groups is 1. The molecule has 0 aromatic carbocycles. The average molecular weight is 233 g/mol. The quantitative estimate of drug-likeness (QED) is 0.697. The molecule has 0 unspecified atom stereocenters. The molecular weight excluding hydrogens is 226 g/mol. The Morgan fingerprint density at radius 3 is 3.07 bits per heavy atom. The van der Waals surface area contributed by atoms with Gasteiger partial charge in [-0.3, -0.25) is 9.36 Å². The van der Waals surface area contributed by atoms with E-state index in [9.17, 15) is 4.79 Å². The van der Waals surface area contributed by atoms with Crippen molar-refractivity contribution in [1.82, 2.24) is 4.57 Å². The number of nitrogens with zero attached hydrogens (tertiary/aromatic N) is 1. The number of thiophene rings is 1. The largest absolute Gasteiger partial charge is 0.282 e. The van der Waals surface area contributed by atoms with Gasteiger partial charge in [-0.05, 0) is 22.9 Å². The molecule has 2 nitrogen and oxygen atoms in total. The first-order valence-electron chi connectivity index (χ1n) is 4.49. The number of hydrogen-bond donors (Lipinski definition) is 0. The molecule has 0 spiro atoms. The summed E-state index contributed by atoms with van der Waals surface area (Å²) in [6.45, 7) is 0. The lowest BCUT2D eigenvalue weighted by atomic mass is 10.3. The Balaban J connectivity index is 2.41. The lowest BCUT2D eigenvalue weighted by Gasteiger charge is -2.04. The van der Waals surface area contributed by atoms with E-state index in [1.54, 1.807) is 33.7 Å². The molecule has 1 aliphatic rings. The van der Waals surface area contributed by atoms with E-state index in [1.165, 1.54) is 9.77 Å². The maximum atomic E-state index is 11.7. The Morgan fingerprint density at radius 1 is 1.20 bits per heavy atom. The standard InChI is InChI=1S/C11H7NOS2/c13-10-3-1-2-8-11-9(4-6-15-11)14-7-5-12(8)10/h1-7H. The zero-order valence-electron chi connectivity index (χ0n) is 7.71. The number of hydrogen-bond acceptors (Lipinski definition) is 3. The second kappa shape index (κ2) is 3.40. The molecule has 15 heavy (non-hydrogen) atoms. The smallest absolute Gasteiger partial charge is 0.255 e. The molecule has 0 saturated heterocycles. The van der Waals surface area contributed by atoms with Crippen LogP contribution in [0.15, 0.2) is 44.7 Å². The van der Waals surface area contributed by atoms with Crippen molar-refractivity contribution in [3.05, 3.63) is 45.4 Å². The van der Waals surface area contributed by atoms with Gasteiger partial charge >= 0.3 is 0 Å². The number of pyridine rings is 1. The van der Waals surface area contributed by atoms with Crippen LogP contribution < -0.4 is 5.56 Å². The third-order valence-electron chi connectivity index (χ3n) is 2.26. The summed E-state index contributed by atoms with van der Waals surface area (Å²) in [4.78, 5) is 14.0. The summed E-state index contributed by atoms with van der Waals surface area (Å²) >= 11 is 3.32. The molecule has 3 heterocycles. The second-order valence-electron chi connectivity index (χ2n) is 3.14. The number of aromatic nitrogens is 1. The van der Waals surface area contributed by atoms with E-state index in [-0.39, 0.29) is 5.56 Å². The molecule has 3 rings (SSSR count). The highest BCUT2D eigenvalue weighted by Crippen LogP contribution is 2.38. The van der Waals surface area contributed by atoms with E-state index < -0.39 is 0 Å². The van der Waals surface area contributed by atoms with Crippen LogP contribution in [-0.2, 0) is 0 Å². The van der Waals surface area contributed by atoms with Gasteiger partial charge in [0.1, 0.15) is 0 Å². The fourth-order valence-electron chi connectivity index (χ4n) is 1.58. The summed E-state index contributed by atoms with van der Waals surface area (Å²) in [5.41, 5.74) is 0.999. The molecule has 4 heteroatoms. The summed E-state index contributed by atoms with van der Waals surface area (Å²) in [7, 11) is 0. The van der Waals surface area contributed by atoms with Crippen molar-refractivity contribution in [3.8, 4) is 10.6 Å². The molecule has 0 saturated carbocycles. The first-order chi connectivity index (χ1) is 7.36. The number of rotatable bonds is 0. The van der Waals surface area contributed by atoms with Crippen LogP contribution in [0.4, 0.5) is 0 Å². The molecule has 2 aromatic heterocycles. The fraction of sp³-hybridized carbons (Fsp3) is 0. The van der Waals surface area contributed by atoms with Crippen LogP contribution in [0.25, 0.3) is 16.8 Å². The molecule has 2 aromatic rings. The van der Waals surface area contributed by atoms with Gasteiger partial charge in [-0.1, -0.05) is 17.8 Å². The summed E-state index contributed by atoms with van der Waals surface area (Å²) in [6, 6.07) is 7.45. The Bertz CT molecular complexity index is 595. The minimum absolute atomic E-state index is 0.0191. The van der Waals surface area contributed by atoms with Crippen molar-refractivity contribution in [1.29, 1.82) is 0 Å². The summed E-state index contributed by atoms with van der Waals surface area (Å²) < 4.78 is 1.69. The minimum Gasteiger partial charge on any atom is -0.282 e. The van der Waals surface area contributed by atoms with E-state index in [0.717, 1.165) is 5.69 Å². The van der Waals surface area contributed by atoms with Gasteiger partial charge in [-0.25, -0.2) is 0 Å². The van der Waals surface area contributed by atoms with Crippen LogP contribution >= 0.6 is 23.1 Å². The van der Waals surface area contributed by atoms with Crippen LogP contribution in [-0.4, -0.2) is 4.57 Å². The van der Waals surface area contributed by atoms with E-state index in [2.05, 4.69) is 11.4 Å². The van der Waals surface area contributed by atoms with Crippen LogP contribution in [0, 0.1) is 0 Å². The summed E-state index contributed by atoms with van der Waals surface area (Å²) in [6.07, 6.45) is 1.83. The van der Waals surface area contributed by atoms with Crippen molar-refractivity contribution in [3.63, 3.8) is 0 Å². The molecule has 0 fully saturated rings. The van der Waals surface area contributed by atoms with Crippen LogP contribution in [0.5, 0.6) is 0 Å². The Morgan fingerprint density at radius 2 is 2.13 bits per heavy atom. The fourth-order valence-corrected chi connectivity index (χ4v) is 3.46. The summed E-state index contributed by atoms with van der Waals surface area (Å²) in [5, 5.41) is 4.00. The molecule has 0 radical (unpaired) electrons. The van der Waals surface area contributed by atoms with Gasteiger partial charge in [0.2, 0.25) is 0 Å². The van der Waals surface area contributed by atoms with Crippen LogP contribution in [0.1, 0.15) is 0 Å². The monoisotopic (exact) mass is 233 g/mol. The Hall–Kier alpha value is -1.26. The predicted molar refractivity (Wildman–Crippen MR) is 65.2 cm³/mol. The highest BCUT2D eigenvalue weighted by molar-refractivity contribution is 8.02. The maximum absolute atomic E-state index is 11.7. The molecule has 0 bridgehead atoms. The second-order valence-corrected chi connectivity index (χ2v) is 5.00. The zero-order chi connectivity index (χ0) is 10.3. The topological polar surface area (TPSA) is 22.0 Å². The van der Waals surface area contributed by atoms with Gasteiger partial charge in [0, 0.05) is 17.2 Å². The lowest BCUT2D eigenvalue weighted by molar-refractivity contribution is 1.07. The van der Waals surface area contributed by atoms with E-state index in [1.807, 2.05) is 23.7 Å². The molecule has 0 N–H and O–H groups in total. The lowest BCUT2D eigenvalue weighted by Crippen LogP contribution is -2.14. The highest BCUT2D eigenvalue weighted by Gasteiger charge is 2.12. The maximum Gasteiger partial charge on any atom is 0.255 e. The summed E-state index contributed by atoms with van der Waals surface area (Å²) in [5.74, 6) is 0.